The molecule has 4 saturated heterocycles. The summed E-state index contributed by atoms with van der Waals surface area (Å²) in [6.45, 7) is 7.12. The van der Waals surface area contributed by atoms with Gasteiger partial charge in [0.2, 0.25) is 0 Å². The molecule has 0 saturated carbocycles. The van der Waals surface area contributed by atoms with Gasteiger partial charge in [-0.15, -0.1) is 0 Å². The number of nitrogens with zero attached hydrogens (tertiary/aromatic N) is 4. The van der Waals surface area contributed by atoms with Crippen molar-refractivity contribution in [1.82, 2.24) is 19.6 Å². The SMILES string of the molecule is C1N2CN3CN1CN(C2)C3.CS(=O)(=O)O. The molecule has 4 aliphatic heterocycles. The van der Waals surface area contributed by atoms with E-state index in [1.54, 1.807) is 0 Å². The average Bonchev–Trinajstić information content (AvgIpc) is 1.96. The third kappa shape index (κ3) is 3.37. The monoisotopic (exact) mass is 236 g/mol. The second kappa shape index (κ2) is 3.96. The van der Waals surface area contributed by atoms with Gasteiger partial charge < -0.3 is 0 Å². The Morgan fingerprint density at radius 1 is 0.800 bits per heavy atom. The smallest absolute Gasteiger partial charge is 0.261 e. The second-order valence-electron chi connectivity index (χ2n) is 4.26. The minimum atomic E-state index is -3.67. The minimum absolute atomic E-state index is 0.715. The van der Waals surface area contributed by atoms with Gasteiger partial charge in [-0.05, 0) is 0 Å². The fourth-order valence-corrected chi connectivity index (χ4v) is 2.23. The van der Waals surface area contributed by atoms with Crippen LogP contribution in [0.1, 0.15) is 0 Å². The van der Waals surface area contributed by atoms with Crippen molar-refractivity contribution < 1.29 is 13.0 Å². The molecule has 1 N–H and O–H groups in total. The lowest BCUT2D eigenvalue weighted by molar-refractivity contribution is -0.194. The van der Waals surface area contributed by atoms with Crippen molar-refractivity contribution in [3.8, 4) is 0 Å². The van der Waals surface area contributed by atoms with Crippen LogP contribution < -0.4 is 0 Å². The van der Waals surface area contributed by atoms with Crippen LogP contribution >= 0.6 is 0 Å². The molecular weight excluding hydrogens is 220 g/mol. The topological polar surface area (TPSA) is 67.3 Å². The van der Waals surface area contributed by atoms with Crippen LogP contribution in [0.4, 0.5) is 0 Å². The molecule has 4 aliphatic rings. The van der Waals surface area contributed by atoms with E-state index in [1.165, 1.54) is 40.0 Å². The molecule has 0 aromatic carbocycles. The highest BCUT2D eigenvalue weighted by Crippen LogP contribution is 2.20. The molecule has 0 radical (unpaired) electrons. The molecule has 4 fully saturated rings. The molecule has 0 spiro atoms. The molecule has 0 aromatic heterocycles. The predicted molar refractivity (Wildman–Crippen MR) is 54.0 cm³/mol. The van der Waals surface area contributed by atoms with Crippen LogP contribution in [0.15, 0.2) is 0 Å². The Morgan fingerprint density at radius 3 is 1.07 bits per heavy atom. The van der Waals surface area contributed by atoms with Gasteiger partial charge in [-0.2, -0.15) is 8.42 Å². The van der Waals surface area contributed by atoms with Crippen LogP contribution in [0, 0.1) is 0 Å². The molecule has 15 heavy (non-hydrogen) atoms. The quantitative estimate of drug-likeness (QED) is 0.513. The lowest BCUT2D eigenvalue weighted by atomic mass is 10.4. The highest BCUT2D eigenvalue weighted by atomic mass is 32.2. The highest BCUT2D eigenvalue weighted by molar-refractivity contribution is 7.85. The van der Waals surface area contributed by atoms with Gasteiger partial charge in [-0.25, -0.2) is 0 Å². The summed E-state index contributed by atoms with van der Waals surface area (Å²) in [6, 6.07) is 0. The zero-order valence-electron chi connectivity index (χ0n) is 8.70. The van der Waals surface area contributed by atoms with Crippen molar-refractivity contribution in [2.45, 2.75) is 0 Å². The molecule has 7 nitrogen and oxygen atoms in total. The zero-order chi connectivity index (χ0) is 11.1. The number of rotatable bonds is 0. The number of hydrogen-bond acceptors (Lipinski definition) is 6. The number of hydrogen-bond donors (Lipinski definition) is 1. The first kappa shape index (κ1) is 11.2. The van der Waals surface area contributed by atoms with E-state index in [4.69, 9.17) is 4.55 Å². The van der Waals surface area contributed by atoms with Crippen LogP contribution in [-0.4, -0.2) is 78.8 Å². The summed E-state index contributed by atoms with van der Waals surface area (Å²) in [6.07, 6.45) is 0.715. The Balaban J connectivity index is 0.000000149. The van der Waals surface area contributed by atoms with Crippen LogP contribution in [0.2, 0.25) is 0 Å². The van der Waals surface area contributed by atoms with Gasteiger partial charge >= 0.3 is 0 Å². The van der Waals surface area contributed by atoms with Gasteiger partial charge in [-0.1, -0.05) is 0 Å². The molecule has 0 aromatic rings. The van der Waals surface area contributed by atoms with E-state index in [2.05, 4.69) is 19.6 Å². The minimum Gasteiger partial charge on any atom is -0.286 e. The summed E-state index contributed by atoms with van der Waals surface area (Å²) < 4.78 is 25.9. The maximum atomic E-state index is 9.19. The first-order chi connectivity index (χ1) is 6.90. The van der Waals surface area contributed by atoms with E-state index in [0.717, 1.165) is 0 Å². The van der Waals surface area contributed by atoms with Gasteiger partial charge in [0.1, 0.15) is 0 Å². The predicted octanol–water partition coefficient (Wildman–Crippen LogP) is -1.52. The van der Waals surface area contributed by atoms with Gasteiger partial charge in [-0.3, -0.25) is 24.2 Å². The maximum absolute atomic E-state index is 9.19. The van der Waals surface area contributed by atoms with Gasteiger partial charge in [0.05, 0.1) is 46.3 Å². The van der Waals surface area contributed by atoms with Gasteiger partial charge in [0.15, 0.2) is 0 Å². The Labute approximate surface area is 89.6 Å². The van der Waals surface area contributed by atoms with Gasteiger partial charge in [0.25, 0.3) is 10.1 Å². The second-order valence-corrected chi connectivity index (χ2v) is 5.73. The molecule has 4 bridgehead atoms. The van der Waals surface area contributed by atoms with Crippen molar-refractivity contribution in [1.29, 1.82) is 0 Å². The van der Waals surface area contributed by atoms with Crippen LogP contribution in [0.5, 0.6) is 0 Å². The zero-order valence-corrected chi connectivity index (χ0v) is 9.52. The first-order valence-corrected chi connectivity index (χ1v) is 6.57. The van der Waals surface area contributed by atoms with E-state index in [0.29, 0.717) is 6.26 Å². The lowest BCUT2D eigenvalue weighted by Gasteiger charge is -2.56. The Morgan fingerprint density at radius 2 is 0.933 bits per heavy atom. The molecule has 0 aliphatic carbocycles. The van der Waals surface area contributed by atoms with Crippen LogP contribution in [0.3, 0.4) is 0 Å². The summed E-state index contributed by atoms with van der Waals surface area (Å²) >= 11 is 0. The van der Waals surface area contributed by atoms with Crippen molar-refractivity contribution >= 4 is 10.1 Å². The van der Waals surface area contributed by atoms with Crippen LogP contribution in [-0.2, 0) is 10.1 Å². The summed E-state index contributed by atoms with van der Waals surface area (Å²) in [5.74, 6) is 0. The molecule has 0 unspecified atom stereocenters. The van der Waals surface area contributed by atoms with Crippen LogP contribution in [0.25, 0.3) is 0 Å². The first-order valence-electron chi connectivity index (χ1n) is 4.72. The molecule has 4 heterocycles. The normalized spacial score (nSPS) is 42.3. The van der Waals surface area contributed by atoms with Gasteiger partial charge in [0, 0.05) is 0 Å². The average molecular weight is 236 g/mol. The summed E-state index contributed by atoms with van der Waals surface area (Å²) in [5, 5.41) is 0. The standard InChI is InChI=1S/C6H12N4.CH4O3S/c1-7-2-9-4-8(1)5-10(3-7)6-9;1-5(2,3)4/h1-6H2;1H3,(H,2,3,4). The highest BCUT2D eigenvalue weighted by Gasteiger charge is 2.36. The molecule has 8 heteroatoms. The fourth-order valence-electron chi connectivity index (χ4n) is 2.23. The molecular formula is C7H16N4O3S. The molecule has 0 atom stereocenters. The molecule has 88 valence electrons. The van der Waals surface area contributed by atoms with E-state index in [9.17, 15) is 8.42 Å². The summed E-state index contributed by atoms with van der Waals surface area (Å²) in [4.78, 5) is 9.88. The lowest BCUT2D eigenvalue weighted by Crippen LogP contribution is -2.71. The summed E-state index contributed by atoms with van der Waals surface area (Å²) in [5.41, 5.74) is 0. The van der Waals surface area contributed by atoms with Crippen molar-refractivity contribution in [2.75, 3.05) is 46.3 Å². The van der Waals surface area contributed by atoms with E-state index in [-0.39, 0.29) is 0 Å². The fraction of sp³-hybridized carbons (Fsp3) is 1.00. The molecule has 0 amide bonds. The van der Waals surface area contributed by atoms with Crippen molar-refractivity contribution in [2.24, 2.45) is 0 Å². The Bertz CT molecular complexity index is 267. The molecule has 4 rings (SSSR count). The summed E-state index contributed by atoms with van der Waals surface area (Å²) in [7, 11) is -3.67. The van der Waals surface area contributed by atoms with E-state index >= 15 is 0 Å². The van der Waals surface area contributed by atoms with E-state index in [1.807, 2.05) is 0 Å². The third-order valence-corrected chi connectivity index (χ3v) is 2.40. The van der Waals surface area contributed by atoms with Crippen molar-refractivity contribution in [3.63, 3.8) is 0 Å². The Hall–Kier alpha value is -0.250. The maximum Gasteiger partial charge on any atom is 0.261 e. The van der Waals surface area contributed by atoms with E-state index < -0.39 is 10.1 Å². The Kier molecular flexibility index (Phi) is 2.97. The van der Waals surface area contributed by atoms with Crippen molar-refractivity contribution in [3.05, 3.63) is 0 Å². The largest absolute Gasteiger partial charge is 0.286 e. The third-order valence-electron chi connectivity index (χ3n) is 2.40.